The first kappa shape index (κ1) is 35.0. The normalized spacial score (nSPS) is 14.0. The SMILES string of the molecule is COc1cc(C(=O)NS(=O)(=O)c2ccccc2C)ccc1C(Cc1ccc2ccc(Cl)cc2n1)c1c[nH]c2ccc(NC(=O)OC3CCCC3)cc12. The standard InChI is InChI=1S/C40H37ClN4O6S/c1-24-7-3-6-10-38(24)52(48,49)45-39(46)26-13-17-31(37(19-26)50-2)32(21-28-15-12-25-11-14-27(41)20-36(25)43-28)34-23-42-35-18-16-29(22-33(34)35)44-40(47)51-30-8-4-5-9-30/h3,6-7,10-20,22-23,30,32,42H,4-5,8-9,21H2,1-2H3,(H,44,47)(H,45,46). The lowest BCUT2D eigenvalue weighted by molar-refractivity contribution is 0.0980. The molecular weight excluding hydrogens is 700 g/mol. The Balaban J connectivity index is 1.26. The van der Waals surface area contributed by atoms with Gasteiger partial charge < -0.3 is 14.5 Å². The Morgan fingerprint density at radius 2 is 1.75 bits per heavy atom. The average Bonchev–Trinajstić information content (AvgIpc) is 3.80. The maximum atomic E-state index is 13.4. The zero-order chi connectivity index (χ0) is 36.4. The van der Waals surface area contributed by atoms with E-state index in [0.717, 1.165) is 64.3 Å². The van der Waals surface area contributed by atoms with Gasteiger partial charge in [-0.1, -0.05) is 48.0 Å². The third-order valence-electron chi connectivity index (χ3n) is 9.52. The topological polar surface area (TPSA) is 139 Å². The summed E-state index contributed by atoms with van der Waals surface area (Å²) in [4.78, 5) is 34.4. The van der Waals surface area contributed by atoms with E-state index in [4.69, 9.17) is 26.1 Å². The van der Waals surface area contributed by atoms with Gasteiger partial charge in [0.15, 0.2) is 0 Å². The fraction of sp³-hybridized carbons (Fsp3) is 0.225. The van der Waals surface area contributed by atoms with Crippen LogP contribution in [0.2, 0.25) is 5.02 Å². The van der Waals surface area contributed by atoms with Crippen LogP contribution in [0.4, 0.5) is 10.5 Å². The monoisotopic (exact) mass is 736 g/mol. The van der Waals surface area contributed by atoms with Gasteiger partial charge in [0.25, 0.3) is 15.9 Å². The van der Waals surface area contributed by atoms with E-state index in [0.29, 0.717) is 28.4 Å². The van der Waals surface area contributed by atoms with Crippen LogP contribution in [0, 0.1) is 6.92 Å². The number of sulfonamides is 1. The average molecular weight is 737 g/mol. The number of hydrogen-bond donors (Lipinski definition) is 3. The summed E-state index contributed by atoms with van der Waals surface area (Å²) < 4.78 is 40.0. The molecule has 4 aromatic carbocycles. The highest BCUT2D eigenvalue weighted by Crippen LogP contribution is 2.39. The van der Waals surface area contributed by atoms with Crippen LogP contribution in [0.1, 0.15) is 64.3 Å². The highest BCUT2D eigenvalue weighted by molar-refractivity contribution is 7.90. The lowest BCUT2D eigenvalue weighted by atomic mass is 9.85. The molecule has 1 aliphatic carbocycles. The lowest BCUT2D eigenvalue weighted by Crippen LogP contribution is -2.31. The number of carbonyl (C=O) groups excluding carboxylic acids is 2. The number of benzene rings is 4. The molecule has 0 spiro atoms. The number of aryl methyl sites for hydroxylation is 1. The molecule has 0 radical (unpaired) electrons. The quantitative estimate of drug-likeness (QED) is 0.128. The van der Waals surface area contributed by atoms with Crippen molar-refractivity contribution in [2.45, 2.75) is 55.9 Å². The minimum absolute atomic E-state index is 0.0242. The van der Waals surface area contributed by atoms with E-state index < -0.39 is 22.0 Å². The van der Waals surface area contributed by atoms with Gasteiger partial charge in [-0.2, -0.15) is 0 Å². The summed E-state index contributed by atoms with van der Waals surface area (Å²) >= 11 is 6.31. The zero-order valence-electron chi connectivity index (χ0n) is 28.6. The first-order valence-electron chi connectivity index (χ1n) is 17.0. The Hall–Kier alpha value is -5.39. The number of rotatable bonds is 10. The van der Waals surface area contributed by atoms with Crippen molar-refractivity contribution in [1.82, 2.24) is 14.7 Å². The van der Waals surface area contributed by atoms with Crippen LogP contribution in [0.15, 0.2) is 102 Å². The number of pyridine rings is 1. The second kappa shape index (κ2) is 14.7. The lowest BCUT2D eigenvalue weighted by Gasteiger charge is -2.21. The number of aromatic nitrogens is 2. The van der Waals surface area contributed by atoms with E-state index in [1.165, 1.54) is 13.2 Å². The molecule has 0 bridgehead atoms. The molecule has 1 aliphatic rings. The Morgan fingerprint density at radius 1 is 0.962 bits per heavy atom. The van der Waals surface area contributed by atoms with Crippen molar-refractivity contribution >= 4 is 61.1 Å². The van der Waals surface area contributed by atoms with E-state index in [1.54, 1.807) is 43.3 Å². The zero-order valence-corrected chi connectivity index (χ0v) is 30.2. The summed E-state index contributed by atoms with van der Waals surface area (Å²) in [6, 6.07) is 26.5. The van der Waals surface area contributed by atoms with Crippen LogP contribution in [0.3, 0.4) is 0 Å². The fourth-order valence-electron chi connectivity index (χ4n) is 6.89. The van der Waals surface area contributed by atoms with Crippen molar-refractivity contribution in [2.24, 2.45) is 0 Å². The Bertz CT molecular complexity index is 2420. The summed E-state index contributed by atoms with van der Waals surface area (Å²) in [6.45, 7) is 1.67. The molecule has 7 rings (SSSR count). The number of amides is 2. The van der Waals surface area contributed by atoms with Crippen LogP contribution in [0.25, 0.3) is 21.8 Å². The van der Waals surface area contributed by atoms with Crippen molar-refractivity contribution in [3.63, 3.8) is 0 Å². The maximum Gasteiger partial charge on any atom is 0.411 e. The number of methoxy groups -OCH3 is 1. The van der Waals surface area contributed by atoms with Gasteiger partial charge in [-0.3, -0.25) is 15.1 Å². The molecule has 2 amide bonds. The summed E-state index contributed by atoms with van der Waals surface area (Å²) in [5, 5.41) is 5.28. The number of fused-ring (bicyclic) bond motifs is 2. The van der Waals surface area contributed by atoms with Crippen LogP contribution < -0.4 is 14.8 Å². The molecule has 1 saturated carbocycles. The molecule has 6 aromatic rings. The van der Waals surface area contributed by atoms with Gasteiger partial charge >= 0.3 is 6.09 Å². The number of nitrogens with zero attached hydrogens (tertiary/aromatic N) is 1. The van der Waals surface area contributed by atoms with Crippen molar-refractivity contribution in [3.8, 4) is 5.75 Å². The first-order valence-corrected chi connectivity index (χ1v) is 18.9. The number of halogens is 1. The van der Waals surface area contributed by atoms with Crippen molar-refractivity contribution < 1.29 is 27.5 Å². The highest BCUT2D eigenvalue weighted by atomic mass is 35.5. The molecule has 1 fully saturated rings. The molecule has 2 heterocycles. The molecule has 10 nitrogen and oxygen atoms in total. The molecule has 2 aromatic heterocycles. The van der Waals surface area contributed by atoms with E-state index in [-0.39, 0.29) is 22.5 Å². The number of nitrogens with one attached hydrogen (secondary N) is 3. The predicted molar refractivity (Wildman–Crippen MR) is 202 cm³/mol. The van der Waals surface area contributed by atoms with Crippen LogP contribution in [-0.2, 0) is 21.2 Å². The van der Waals surface area contributed by atoms with E-state index in [2.05, 4.69) is 15.0 Å². The van der Waals surface area contributed by atoms with Crippen LogP contribution in [0.5, 0.6) is 5.75 Å². The number of H-pyrrole nitrogens is 1. The molecular formula is C40H37ClN4O6S. The highest BCUT2D eigenvalue weighted by Gasteiger charge is 2.26. The molecule has 0 aliphatic heterocycles. The number of anilines is 1. The van der Waals surface area contributed by atoms with E-state index in [9.17, 15) is 18.0 Å². The number of hydrogen-bond acceptors (Lipinski definition) is 7. The summed E-state index contributed by atoms with van der Waals surface area (Å²) in [7, 11) is -2.62. The Morgan fingerprint density at radius 3 is 2.54 bits per heavy atom. The van der Waals surface area contributed by atoms with Crippen molar-refractivity contribution in [1.29, 1.82) is 0 Å². The molecule has 12 heteroatoms. The molecule has 0 saturated heterocycles. The third-order valence-corrected chi connectivity index (χ3v) is 11.2. The summed E-state index contributed by atoms with van der Waals surface area (Å²) in [6.07, 6.45) is 5.64. The largest absolute Gasteiger partial charge is 0.496 e. The van der Waals surface area contributed by atoms with Crippen LogP contribution in [-0.4, -0.2) is 43.6 Å². The van der Waals surface area contributed by atoms with Gasteiger partial charge in [0.1, 0.15) is 11.9 Å². The van der Waals surface area contributed by atoms with E-state index in [1.807, 2.05) is 54.7 Å². The minimum Gasteiger partial charge on any atom is -0.496 e. The first-order chi connectivity index (χ1) is 25.1. The molecule has 3 N–H and O–H groups in total. The van der Waals surface area contributed by atoms with Gasteiger partial charge in [-0.25, -0.2) is 17.9 Å². The van der Waals surface area contributed by atoms with Crippen molar-refractivity contribution in [3.05, 3.63) is 130 Å². The third kappa shape index (κ3) is 7.46. The maximum absolute atomic E-state index is 13.4. The van der Waals surface area contributed by atoms with Gasteiger partial charge in [-0.15, -0.1) is 0 Å². The van der Waals surface area contributed by atoms with Gasteiger partial charge in [0, 0.05) is 62.4 Å². The number of aromatic amines is 1. The summed E-state index contributed by atoms with van der Waals surface area (Å²) in [5.41, 5.74) is 5.25. The molecule has 1 atom stereocenters. The smallest absolute Gasteiger partial charge is 0.411 e. The Labute approximate surface area is 306 Å². The molecule has 1 unspecified atom stereocenters. The van der Waals surface area contributed by atoms with Gasteiger partial charge in [0.05, 0.1) is 17.5 Å². The van der Waals surface area contributed by atoms with Crippen molar-refractivity contribution in [2.75, 3.05) is 12.4 Å². The number of ether oxygens (including phenoxy) is 2. The summed E-state index contributed by atoms with van der Waals surface area (Å²) in [5.74, 6) is -0.759. The number of carbonyl (C=O) groups is 2. The second-order valence-corrected chi connectivity index (χ2v) is 15.1. The minimum atomic E-state index is -4.13. The molecule has 52 heavy (non-hydrogen) atoms. The molecule has 266 valence electrons. The van der Waals surface area contributed by atoms with Gasteiger partial charge in [-0.05, 0) is 98.3 Å². The van der Waals surface area contributed by atoms with E-state index >= 15 is 0 Å². The predicted octanol–water partition coefficient (Wildman–Crippen LogP) is 8.67. The second-order valence-electron chi connectivity index (χ2n) is 13.0. The van der Waals surface area contributed by atoms with Crippen LogP contribution >= 0.6 is 11.6 Å². The fourth-order valence-corrected chi connectivity index (χ4v) is 8.28. The van der Waals surface area contributed by atoms with Gasteiger partial charge in [0.2, 0.25) is 0 Å². The Kier molecular flexibility index (Phi) is 9.90.